The maximum Gasteiger partial charge on any atom is 0.0807 e. The van der Waals surface area contributed by atoms with Gasteiger partial charge in [0.05, 0.1) is 11.5 Å². The second-order valence-electron chi connectivity index (χ2n) is 4.32. The predicted octanol–water partition coefficient (Wildman–Crippen LogP) is 5.40. The summed E-state index contributed by atoms with van der Waals surface area (Å²) in [5, 5.41) is 11.2. The van der Waals surface area contributed by atoms with Crippen molar-refractivity contribution in [1.29, 1.82) is 0 Å². The summed E-state index contributed by atoms with van der Waals surface area (Å²) >= 11 is 17.9. The van der Waals surface area contributed by atoms with Crippen LogP contribution in [0.3, 0.4) is 0 Å². The molecule has 0 heterocycles. The Kier molecular flexibility index (Phi) is 5.12. The Labute approximate surface area is 127 Å². The van der Waals surface area contributed by atoms with E-state index in [1.54, 1.807) is 36.4 Å². The summed E-state index contributed by atoms with van der Waals surface area (Å²) < 4.78 is 0. The smallest absolute Gasteiger partial charge is 0.0807 e. The van der Waals surface area contributed by atoms with Crippen molar-refractivity contribution in [3.8, 4) is 0 Å². The highest BCUT2D eigenvalue weighted by molar-refractivity contribution is 6.30. The van der Waals surface area contributed by atoms with Gasteiger partial charge in [0, 0.05) is 10.0 Å². The third-order valence-electron chi connectivity index (χ3n) is 2.92. The van der Waals surface area contributed by atoms with Crippen molar-refractivity contribution in [2.45, 2.75) is 17.9 Å². The van der Waals surface area contributed by atoms with Gasteiger partial charge in [0.2, 0.25) is 0 Å². The van der Waals surface area contributed by atoms with E-state index in [1.165, 1.54) is 0 Å². The van der Waals surface area contributed by atoms with E-state index in [2.05, 4.69) is 0 Å². The van der Waals surface area contributed by atoms with Gasteiger partial charge >= 0.3 is 0 Å². The molecule has 1 N–H and O–H groups in total. The maximum absolute atomic E-state index is 10.1. The maximum atomic E-state index is 10.1. The lowest BCUT2D eigenvalue weighted by atomic mass is 10.0. The number of hydrogen-bond donors (Lipinski definition) is 1. The number of aliphatic hydroxyl groups excluding tert-OH is 1. The summed E-state index contributed by atoms with van der Waals surface area (Å²) in [6.07, 6.45) is -0.180. The number of alkyl halides is 1. The minimum absolute atomic E-state index is 0.261. The summed E-state index contributed by atoms with van der Waals surface area (Å²) in [5.74, 6) is 0. The van der Waals surface area contributed by atoms with Crippen molar-refractivity contribution in [3.63, 3.8) is 0 Å². The highest BCUT2D eigenvalue weighted by Crippen LogP contribution is 2.32. The molecule has 2 rings (SSSR count). The summed E-state index contributed by atoms with van der Waals surface area (Å²) in [7, 11) is 0. The van der Waals surface area contributed by atoms with Gasteiger partial charge in [-0.1, -0.05) is 47.5 Å². The van der Waals surface area contributed by atoms with Crippen LogP contribution < -0.4 is 0 Å². The van der Waals surface area contributed by atoms with Gasteiger partial charge in [-0.05, 0) is 41.8 Å². The zero-order valence-electron chi connectivity index (χ0n) is 10.1. The number of benzene rings is 2. The average molecular weight is 316 g/mol. The Morgan fingerprint density at radius 1 is 0.789 bits per heavy atom. The molecule has 4 heteroatoms. The SMILES string of the molecule is O[C@H](C[C@@H](Cl)c1ccc(Cl)cc1)c1ccc(Cl)cc1. The summed E-state index contributed by atoms with van der Waals surface area (Å²) in [4.78, 5) is 0. The van der Waals surface area contributed by atoms with E-state index in [0.29, 0.717) is 16.5 Å². The quantitative estimate of drug-likeness (QED) is 0.749. The van der Waals surface area contributed by atoms with Crippen LogP contribution >= 0.6 is 34.8 Å². The van der Waals surface area contributed by atoms with E-state index in [1.807, 2.05) is 12.1 Å². The monoisotopic (exact) mass is 314 g/mol. The van der Waals surface area contributed by atoms with Crippen LogP contribution in [0, 0.1) is 0 Å². The van der Waals surface area contributed by atoms with Crippen molar-refractivity contribution >= 4 is 34.8 Å². The molecule has 2 atom stereocenters. The van der Waals surface area contributed by atoms with Crippen LogP contribution in [-0.2, 0) is 0 Å². The molecule has 2 aromatic carbocycles. The molecule has 0 amide bonds. The average Bonchev–Trinajstić information content (AvgIpc) is 2.40. The van der Waals surface area contributed by atoms with Gasteiger partial charge < -0.3 is 5.11 Å². The molecule has 0 saturated carbocycles. The van der Waals surface area contributed by atoms with Crippen LogP contribution in [-0.4, -0.2) is 5.11 Å². The van der Waals surface area contributed by atoms with E-state index >= 15 is 0 Å². The van der Waals surface area contributed by atoms with E-state index < -0.39 is 6.10 Å². The van der Waals surface area contributed by atoms with Crippen molar-refractivity contribution in [2.75, 3.05) is 0 Å². The molecule has 0 aromatic heterocycles. The lowest BCUT2D eigenvalue weighted by molar-refractivity contribution is 0.166. The molecule has 100 valence electrons. The largest absolute Gasteiger partial charge is 0.388 e. The first-order valence-electron chi connectivity index (χ1n) is 5.89. The van der Waals surface area contributed by atoms with E-state index in [-0.39, 0.29) is 5.38 Å². The Hall–Kier alpha value is -0.730. The number of halogens is 3. The first kappa shape index (κ1) is 14.7. The van der Waals surface area contributed by atoms with Crippen molar-refractivity contribution in [1.82, 2.24) is 0 Å². The molecule has 2 aromatic rings. The minimum Gasteiger partial charge on any atom is -0.388 e. The highest BCUT2D eigenvalue weighted by atomic mass is 35.5. The van der Waals surface area contributed by atoms with Gasteiger partial charge in [-0.25, -0.2) is 0 Å². The Balaban J connectivity index is 2.03. The zero-order chi connectivity index (χ0) is 13.8. The van der Waals surface area contributed by atoms with Crippen molar-refractivity contribution < 1.29 is 5.11 Å². The molecule has 0 bridgehead atoms. The number of rotatable bonds is 4. The summed E-state index contributed by atoms with van der Waals surface area (Å²) in [6, 6.07) is 14.4. The molecular weight excluding hydrogens is 303 g/mol. The molecule has 19 heavy (non-hydrogen) atoms. The molecule has 0 spiro atoms. The predicted molar refractivity (Wildman–Crippen MR) is 81.1 cm³/mol. The van der Waals surface area contributed by atoms with Crippen molar-refractivity contribution in [2.24, 2.45) is 0 Å². The molecule has 0 aliphatic carbocycles. The van der Waals surface area contributed by atoms with Gasteiger partial charge in [0.15, 0.2) is 0 Å². The van der Waals surface area contributed by atoms with Gasteiger partial charge in [-0.2, -0.15) is 0 Å². The van der Waals surface area contributed by atoms with E-state index in [9.17, 15) is 5.11 Å². The van der Waals surface area contributed by atoms with Gasteiger partial charge in [-0.15, -0.1) is 11.6 Å². The molecule has 0 saturated heterocycles. The van der Waals surface area contributed by atoms with Crippen LogP contribution in [0.25, 0.3) is 0 Å². The Morgan fingerprint density at radius 3 is 1.68 bits per heavy atom. The highest BCUT2D eigenvalue weighted by Gasteiger charge is 2.15. The molecular formula is C15H13Cl3O. The third kappa shape index (κ3) is 4.12. The fourth-order valence-corrected chi connectivity index (χ4v) is 2.39. The third-order valence-corrected chi connectivity index (χ3v) is 3.85. The first-order chi connectivity index (χ1) is 9.06. The fraction of sp³-hybridized carbons (Fsp3) is 0.200. The zero-order valence-corrected chi connectivity index (χ0v) is 12.3. The molecule has 0 radical (unpaired) electrons. The normalized spacial score (nSPS) is 14.1. The second kappa shape index (κ2) is 6.62. The summed E-state index contributed by atoms with van der Waals surface area (Å²) in [6.45, 7) is 0. The number of aliphatic hydroxyl groups is 1. The fourth-order valence-electron chi connectivity index (χ4n) is 1.82. The van der Waals surface area contributed by atoms with Crippen LogP contribution in [0.15, 0.2) is 48.5 Å². The van der Waals surface area contributed by atoms with Crippen LogP contribution in [0.4, 0.5) is 0 Å². The first-order valence-corrected chi connectivity index (χ1v) is 7.08. The lowest BCUT2D eigenvalue weighted by Crippen LogP contribution is -2.02. The summed E-state index contributed by atoms with van der Waals surface area (Å²) in [5.41, 5.74) is 1.75. The van der Waals surface area contributed by atoms with E-state index in [0.717, 1.165) is 11.1 Å². The second-order valence-corrected chi connectivity index (χ2v) is 5.72. The Bertz CT molecular complexity index is 473. The molecule has 0 fully saturated rings. The number of hydrogen-bond acceptors (Lipinski definition) is 1. The lowest BCUT2D eigenvalue weighted by Gasteiger charge is -2.15. The van der Waals surface area contributed by atoms with Crippen LogP contribution in [0.2, 0.25) is 10.0 Å². The molecule has 0 aliphatic heterocycles. The van der Waals surface area contributed by atoms with Crippen LogP contribution in [0.5, 0.6) is 0 Å². The standard InChI is InChI=1S/C15H13Cl3O/c16-12-5-1-10(2-6-12)14(18)9-15(19)11-3-7-13(17)8-4-11/h1-8,14-15,19H,9H2/t14-,15-/m1/s1. The topological polar surface area (TPSA) is 20.2 Å². The molecule has 0 aliphatic rings. The van der Waals surface area contributed by atoms with Crippen molar-refractivity contribution in [3.05, 3.63) is 69.7 Å². The van der Waals surface area contributed by atoms with E-state index in [4.69, 9.17) is 34.8 Å². The van der Waals surface area contributed by atoms with Crippen LogP contribution in [0.1, 0.15) is 29.0 Å². The molecule has 1 nitrogen and oxygen atoms in total. The van der Waals surface area contributed by atoms with Gasteiger partial charge in [0.25, 0.3) is 0 Å². The minimum atomic E-state index is -0.615. The van der Waals surface area contributed by atoms with Gasteiger partial charge in [-0.3, -0.25) is 0 Å². The Morgan fingerprint density at radius 2 is 1.21 bits per heavy atom. The van der Waals surface area contributed by atoms with Gasteiger partial charge in [0.1, 0.15) is 0 Å². The molecule has 0 unspecified atom stereocenters.